The topological polar surface area (TPSA) is 104 Å². The van der Waals surface area contributed by atoms with Crippen LogP contribution in [0.4, 0.5) is 11.4 Å². The number of benzene rings is 2. The lowest BCUT2D eigenvalue weighted by Crippen LogP contribution is -2.27. The molecule has 0 radical (unpaired) electrons. The highest BCUT2D eigenvalue weighted by atomic mass is 35.5. The van der Waals surface area contributed by atoms with Crippen molar-refractivity contribution in [3.63, 3.8) is 0 Å². The number of nitrogens with zero attached hydrogens (tertiary/aromatic N) is 2. The largest absolute Gasteiger partial charge is 0.616 e. The van der Waals surface area contributed by atoms with Gasteiger partial charge in [-0.3, -0.25) is 20.0 Å². The first-order valence-corrected chi connectivity index (χ1v) is 12.4. The summed E-state index contributed by atoms with van der Waals surface area (Å²) in [5.74, 6) is 0.0198. The van der Waals surface area contributed by atoms with Crippen LogP contribution in [0.1, 0.15) is 38.5 Å². The van der Waals surface area contributed by atoms with E-state index < -0.39 is 23.0 Å². The molecule has 0 aliphatic rings. The number of hydroxylamine groups is 2. The molecular weight excluding hydrogens is 475 g/mol. The maximum atomic E-state index is 12.1. The molecule has 0 aromatic heterocycles. The second-order valence-corrected chi connectivity index (χ2v) is 9.70. The number of hydrogen-bond donors (Lipinski definition) is 2. The van der Waals surface area contributed by atoms with E-state index in [4.69, 9.17) is 23.2 Å². The highest BCUT2D eigenvalue weighted by molar-refractivity contribution is 7.91. The van der Waals surface area contributed by atoms with E-state index in [0.717, 1.165) is 0 Å². The van der Waals surface area contributed by atoms with Gasteiger partial charge in [0, 0.05) is 22.9 Å². The Morgan fingerprint density at radius 2 is 1.06 bits per heavy atom. The molecule has 0 aliphatic carbocycles. The van der Waals surface area contributed by atoms with Crippen LogP contribution in [-0.4, -0.2) is 38.3 Å². The van der Waals surface area contributed by atoms with E-state index in [9.17, 15) is 24.6 Å². The van der Waals surface area contributed by atoms with E-state index in [2.05, 4.69) is 0 Å². The first-order valence-electron chi connectivity index (χ1n) is 10.2. The van der Waals surface area contributed by atoms with Crippen molar-refractivity contribution in [2.75, 3.05) is 21.6 Å². The van der Waals surface area contributed by atoms with Crippen molar-refractivity contribution in [2.45, 2.75) is 38.5 Å². The van der Waals surface area contributed by atoms with E-state index in [1.807, 2.05) is 0 Å². The Balaban J connectivity index is 1.56. The standard InChI is InChI=1S/C22H26Cl2N2O5S/c23-17-7-11-19(12-8-17)25(29)21(27)5-1-3-15-32(31)16-4-2-6-22(28)26(30)20-13-9-18(24)10-14-20/h7-14,29-30H,1-6,15-16H2. The minimum atomic E-state index is -1.05. The summed E-state index contributed by atoms with van der Waals surface area (Å²) in [6.07, 6.45) is 2.48. The van der Waals surface area contributed by atoms with Crippen molar-refractivity contribution < 1.29 is 24.6 Å². The van der Waals surface area contributed by atoms with Crippen LogP contribution in [-0.2, 0) is 20.8 Å². The molecule has 0 atom stereocenters. The van der Waals surface area contributed by atoms with E-state index in [0.29, 0.717) is 68.7 Å². The van der Waals surface area contributed by atoms with E-state index in [-0.39, 0.29) is 12.8 Å². The van der Waals surface area contributed by atoms with Gasteiger partial charge < -0.3 is 4.55 Å². The van der Waals surface area contributed by atoms with Gasteiger partial charge in [0.15, 0.2) is 0 Å². The molecule has 0 spiro atoms. The van der Waals surface area contributed by atoms with Crippen LogP contribution in [0.15, 0.2) is 48.5 Å². The number of unbranched alkanes of at least 4 members (excludes halogenated alkanes) is 2. The Labute approximate surface area is 200 Å². The molecule has 0 heterocycles. The van der Waals surface area contributed by atoms with Gasteiger partial charge in [0.25, 0.3) is 11.8 Å². The average Bonchev–Trinajstić information content (AvgIpc) is 2.79. The van der Waals surface area contributed by atoms with Gasteiger partial charge in [0.05, 0.1) is 11.4 Å². The lowest BCUT2D eigenvalue weighted by molar-refractivity contribution is -0.124. The molecule has 10 heteroatoms. The third-order valence-electron chi connectivity index (χ3n) is 4.64. The molecule has 2 aromatic carbocycles. The van der Waals surface area contributed by atoms with Crippen LogP contribution in [0.2, 0.25) is 10.0 Å². The van der Waals surface area contributed by atoms with Gasteiger partial charge in [0.1, 0.15) is 11.5 Å². The summed E-state index contributed by atoms with van der Waals surface area (Å²) in [6, 6.07) is 12.5. The second kappa shape index (κ2) is 13.7. The normalized spacial score (nSPS) is 10.9. The summed E-state index contributed by atoms with van der Waals surface area (Å²) in [5.41, 5.74) is 0.685. The summed E-state index contributed by atoms with van der Waals surface area (Å²) in [5, 5.41) is 22.1. The second-order valence-electron chi connectivity index (χ2n) is 7.13. The molecule has 0 saturated heterocycles. The smallest absolute Gasteiger partial charge is 0.250 e. The van der Waals surface area contributed by atoms with E-state index in [1.54, 1.807) is 48.5 Å². The molecule has 2 N–H and O–H groups in total. The van der Waals surface area contributed by atoms with Gasteiger partial charge in [-0.15, -0.1) is 0 Å². The fourth-order valence-corrected chi connectivity index (χ4v) is 4.35. The third-order valence-corrected chi connectivity index (χ3v) is 6.63. The van der Waals surface area contributed by atoms with E-state index in [1.165, 1.54) is 0 Å². The van der Waals surface area contributed by atoms with Gasteiger partial charge in [-0.25, -0.2) is 0 Å². The summed E-state index contributed by atoms with van der Waals surface area (Å²) < 4.78 is 12.1. The van der Waals surface area contributed by atoms with Crippen LogP contribution in [0.25, 0.3) is 0 Å². The monoisotopic (exact) mass is 500 g/mol. The molecule has 0 fully saturated rings. The Morgan fingerprint density at radius 1 is 0.719 bits per heavy atom. The highest BCUT2D eigenvalue weighted by Gasteiger charge is 2.15. The SMILES string of the molecule is O=C(CCCC[S+]([O-])CCCCC(=O)N(O)c1ccc(Cl)cc1)N(O)c1ccc(Cl)cc1. The van der Waals surface area contributed by atoms with Crippen molar-refractivity contribution in [1.82, 2.24) is 0 Å². The number of halogens is 2. The maximum absolute atomic E-state index is 12.1. The molecule has 32 heavy (non-hydrogen) atoms. The van der Waals surface area contributed by atoms with E-state index >= 15 is 0 Å². The zero-order valence-corrected chi connectivity index (χ0v) is 19.8. The number of carbonyl (C=O) groups excluding carboxylic acids is 2. The summed E-state index contributed by atoms with van der Waals surface area (Å²) in [4.78, 5) is 24.1. The highest BCUT2D eigenvalue weighted by Crippen LogP contribution is 2.19. The summed E-state index contributed by atoms with van der Waals surface area (Å²) in [7, 11) is 0. The van der Waals surface area contributed by atoms with Gasteiger partial charge >= 0.3 is 0 Å². The van der Waals surface area contributed by atoms with Crippen LogP contribution in [0.3, 0.4) is 0 Å². The third kappa shape index (κ3) is 8.97. The Hall–Kier alpha value is -1.81. The molecule has 0 aliphatic heterocycles. The van der Waals surface area contributed by atoms with Crippen LogP contribution < -0.4 is 10.1 Å². The molecule has 2 amide bonds. The van der Waals surface area contributed by atoms with Crippen molar-refractivity contribution in [3.05, 3.63) is 58.6 Å². The molecule has 0 saturated carbocycles. The average molecular weight is 501 g/mol. The Kier molecular flexibility index (Phi) is 11.3. The Morgan fingerprint density at radius 3 is 1.41 bits per heavy atom. The molecular formula is C22H26Cl2N2O5S. The first-order chi connectivity index (χ1) is 15.3. The lowest BCUT2D eigenvalue weighted by atomic mass is 10.2. The predicted octanol–water partition coefficient (Wildman–Crippen LogP) is 5.23. The fraction of sp³-hybridized carbons (Fsp3) is 0.364. The van der Waals surface area contributed by atoms with Crippen LogP contribution in [0.5, 0.6) is 0 Å². The molecule has 2 aromatic rings. The van der Waals surface area contributed by atoms with Crippen molar-refractivity contribution in [3.8, 4) is 0 Å². The minimum absolute atomic E-state index is 0.141. The van der Waals surface area contributed by atoms with Gasteiger partial charge in [0.2, 0.25) is 0 Å². The zero-order chi connectivity index (χ0) is 23.5. The number of hydrogen-bond acceptors (Lipinski definition) is 5. The lowest BCUT2D eigenvalue weighted by Gasteiger charge is -2.16. The number of rotatable bonds is 12. The number of carbonyl (C=O) groups is 2. The number of amides is 2. The summed E-state index contributed by atoms with van der Waals surface area (Å²) >= 11 is 10.5. The van der Waals surface area contributed by atoms with Crippen LogP contribution in [0, 0.1) is 0 Å². The fourth-order valence-electron chi connectivity index (χ4n) is 2.84. The summed E-state index contributed by atoms with van der Waals surface area (Å²) in [6.45, 7) is 0. The van der Waals surface area contributed by atoms with Crippen LogP contribution >= 0.6 is 23.2 Å². The molecule has 0 bridgehead atoms. The minimum Gasteiger partial charge on any atom is -0.616 e. The molecule has 174 valence electrons. The Bertz CT molecular complexity index is 796. The quantitative estimate of drug-likeness (QED) is 0.179. The maximum Gasteiger partial charge on any atom is 0.250 e. The van der Waals surface area contributed by atoms with Crippen molar-refractivity contribution >= 4 is 57.6 Å². The van der Waals surface area contributed by atoms with Gasteiger partial charge in [-0.05, 0) is 74.2 Å². The number of anilines is 2. The predicted molar refractivity (Wildman–Crippen MR) is 127 cm³/mol. The van der Waals surface area contributed by atoms with Gasteiger partial charge in [-0.2, -0.15) is 10.1 Å². The molecule has 2 rings (SSSR count). The zero-order valence-electron chi connectivity index (χ0n) is 17.5. The van der Waals surface area contributed by atoms with Crippen molar-refractivity contribution in [1.29, 1.82) is 0 Å². The first kappa shape index (κ1) is 26.4. The van der Waals surface area contributed by atoms with Crippen molar-refractivity contribution in [2.24, 2.45) is 0 Å². The molecule has 7 nitrogen and oxygen atoms in total. The van der Waals surface area contributed by atoms with Gasteiger partial charge in [-0.1, -0.05) is 34.4 Å². The molecule has 0 unspecified atom stereocenters.